The molecule has 0 amide bonds. The van der Waals surface area contributed by atoms with Crippen molar-refractivity contribution in [2.75, 3.05) is 18.2 Å². The van der Waals surface area contributed by atoms with Crippen molar-refractivity contribution < 1.29 is 4.74 Å². The molecule has 21 heavy (non-hydrogen) atoms. The quantitative estimate of drug-likeness (QED) is 0.666. The average molecular weight is 296 g/mol. The van der Waals surface area contributed by atoms with Gasteiger partial charge >= 0.3 is 0 Å². The maximum Gasteiger partial charge on any atom is 0.197 e. The van der Waals surface area contributed by atoms with Crippen molar-refractivity contribution >= 4 is 33.1 Å². The van der Waals surface area contributed by atoms with Gasteiger partial charge in [0.1, 0.15) is 18.0 Å². The van der Waals surface area contributed by atoms with Crippen LogP contribution in [0.25, 0.3) is 10.1 Å². The fourth-order valence-electron chi connectivity index (χ4n) is 2.29. The van der Waals surface area contributed by atoms with Gasteiger partial charge < -0.3 is 4.74 Å². The monoisotopic (exact) mass is 296 g/mol. The molecule has 0 fully saturated rings. The van der Waals surface area contributed by atoms with Gasteiger partial charge in [0.15, 0.2) is 5.82 Å². The van der Waals surface area contributed by atoms with E-state index in [-0.39, 0.29) is 0 Å². The lowest BCUT2D eigenvalue weighted by Gasteiger charge is -2.25. The summed E-state index contributed by atoms with van der Waals surface area (Å²) >= 11 is 1.44. The first kappa shape index (κ1) is 12.3. The molecule has 3 aromatic rings. The summed E-state index contributed by atoms with van der Waals surface area (Å²) in [5.41, 5.74) is 0.937. The highest BCUT2D eigenvalue weighted by atomic mass is 32.1. The molecule has 5 nitrogen and oxygen atoms in total. The van der Waals surface area contributed by atoms with Gasteiger partial charge in [-0.2, -0.15) is 4.37 Å². The van der Waals surface area contributed by atoms with Crippen LogP contribution in [0, 0.1) is 0 Å². The molecule has 0 aliphatic carbocycles. The summed E-state index contributed by atoms with van der Waals surface area (Å²) in [5.74, 6) is 1.51. The number of hydrogen-bond donors (Lipinski definition) is 0. The van der Waals surface area contributed by atoms with Gasteiger partial charge in [0.2, 0.25) is 0 Å². The molecule has 0 atom stereocenters. The fraction of sp³-hybridized carbons (Fsp3) is 0.133. The Morgan fingerprint density at radius 2 is 1.95 bits per heavy atom. The molecule has 0 saturated carbocycles. The van der Waals surface area contributed by atoms with Crippen molar-refractivity contribution in [1.82, 2.24) is 4.37 Å². The molecule has 0 bridgehead atoms. The van der Waals surface area contributed by atoms with Crippen LogP contribution < -0.4 is 9.75 Å². The van der Waals surface area contributed by atoms with Crippen LogP contribution in [0.4, 0.5) is 11.5 Å². The lowest BCUT2D eigenvalue weighted by atomic mass is 10.2. The molecule has 0 spiro atoms. The van der Waals surface area contributed by atoms with E-state index in [2.05, 4.69) is 14.7 Å². The highest BCUT2D eigenvalue weighted by molar-refractivity contribution is 7.13. The van der Waals surface area contributed by atoms with Crippen LogP contribution >= 0.6 is 11.5 Å². The predicted octanol–water partition coefficient (Wildman–Crippen LogP) is 4.19. The van der Waals surface area contributed by atoms with Gasteiger partial charge in [-0.05, 0) is 35.8 Å². The molecule has 1 aliphatic heterocycles. The third-order valence-electron chi connectivity index (χ3n) is 3.31. The van der Waals surface area contributed by atoms with Gasteiger partial charge in [0.05, 0.1) is 11.2 Å². The van der Waals surface area contributed by atoms with E-state index < -0.39 is 0 Å². The fourth-order valence-corrected chi connectivity index (χ4v) is 3.01. The highest BCUT2D eigenvalue weighted by Gasteiger charge is 2.17. The van der Waals surface area contributed by atoms with E-state index in [1.54, 1.807) is 0 Å². The van der Waals surface area contributed by atoms with E-state index >= 15 is 0 Å². The Morgan fingerprint density at radius 1 is 1.10 bits per heavy atom. The summed E-state index contributed by atoms with van der Waals surface area (Å²) in [6, 6.07) is 15.9. The molecular weight excluding hydrogens is 284 g/mol. The van der Waals surface area contributed by atoms with E-state index in [1.807, 2.05) is 53.5 Å². The zero-order chi connectivity index (χ0) is 14.1. The highest BCUT2D eigenvalue weighted by Crippen LogP contribution is 2.33. The maximum absolute atomic E-state index is 5.60. The first-order chi connectivity index (χ1) is 10.4. The number of aromatic nitrogens is 1. The van der Waals surface area contributed by atoms with Gasteiger partial charge in [-0.15, -0.1) is 5.11 Å². The Kier molecular flexibility index (Phi) is 3.01. The Hall–Kier alpha value is -2.47. The Morgan fingerprint density at radius 3 is 2.95 bits per heavy atom. The molecule has 2 heterocycles. The van der Waals surface area contributed by atoms with Gasteiger partial charge in [-0.1, -0.05) is 29.5 Å². The Bertz CT molecular complexity index is 814. The van der Waals surface area contributed by atoms with Crippen molar-refractivity contribution in [2.24, 2.45) is 10.3 Å². The minimum atomic E-state index is 0.605. The minimum Gasteiger partial charge on any atom is -0.489 e. The lowest BCUT2D eigenvalue weighted by molar-refractivity contribution is 0.307. The second-order valence-electron chi connectivity index (χ2n) is 4.63. The first-order valence-electron chi connectivity index (χ1n) is 6.67. The van der Waals surface area contributed by atoms with E-state index in [0.717, 1.165) is 21.5 Å². The van der Waals surface area contributed by atoms with E-state index in [4.69, 9.17) is 4.74 Å². The summed E-state index contributed by atoms with van der Waals surface area (Å²) in [5, 5.41) is 11.5. The summed E-state index contributed by atoms with van der Waals surface area (Å²) in [4.78, 5) is 0. The number of benzene rings is 2. The maximum atomic E-state index is 5.60. The predicted molar refractivity (Wildman–Crippen MR) is 83.4 cm³/mol. The van der Waals surface area contributed by atoms with Crippen molar-refractivity contribution in [1.29, 1.82) is 0 Å². The third-order valence-corrected chi connectivity index (χ3v) is 4.13. The summed E-state index contributed by atoms with van der Waals surface area (Å²) in [6.45, 7) is 1.29. The van der Waals surface area contributed by atoms with Crippen molar-refractivity contribution in [3.8, 4) is 5.75 Å². The topological polar surface area (TPSA) is 50.1 Å². The number of fused-ring (bicyclic) bond motifs is 2. The van der Waals surface area contributed by atoms with Crippen LogP contribution in [0.2, 0.25) is 0 Å². The standard InChI is InChI=1S/C15H12N4OS/c1-4-8-14-11(5-1)15(17-21-14)16-18-19-9-10-20-13-7-3-2-6-12(13)19/h1-8H,9-10H2. The SMILES string of the molecule is c1ccc2c(c1)OCCN2N=Nc1nsc2ccccc12. The molecule has 1 aromatic heterocycles. The second-order valence-corrected chi connectivity index (χ2v) is 5.44. The molecule has 2 aromatic carbocycles. The number of anilines is 1. The lowest BCUT2D eigenvalue weighted by Crippen LogP contribution is -2.27. The number of para-hydroxylation sites is 2. The summed E-state index contributed by atoms with van der Waals surface area (Å²) in [7, 11) is 0. The third kappa shape index (κ3) is 2.23. The van der Waals surface area contributed by atoms with E-state index in [1.165, 1.54) is 11.5 Å². The van der Waals surface area contributed by atoms with Crippen molar-refractivity contribution in [3.63, 3.8) is 0 Å². The van der Waals surface area contributed by atoms with Crippen LogP contribution in [0.1, 0.15) is 0 Å². The van der Waals surface area contributed by atoms with Crippen LogP contribution in [0.15, 0.2) is 58.9 Å². The first-order valence-corrected chi connectivity index (χ1v) is 7.44. The molecule has 0 saturated heterocycles. The number of ether oxygens (including phenoxy) is 1. The van der Waals surface area contributed by atoms with Gasteiger partial charge in [0.25, 0.3) is 0 Å². The smallest absolute Gasteiger partial charge is 0.197 e. The van der Waals surface area contributed by atoms with Crippen molar-refractivity contribution in [3.05, 3.63) is 48.5 Å². The molecular formula is C15H12N4OS. The molecule has 4 rings (SSSR count). The molecule has 0 N–H and O–H groups in total. The largest absolute Gasteiger partial charge is 0.489 e. The van der Waals surface area contributed by atoms with E-state index in [0.29, 0.717) is 19.0 Å². The molecule has 0 radical (unpaired) electrons. The van der Waals surface area contributed by atoms with Crippen molar-refractivity contribution in [2.45, 2.75) is 0 Å². The van der Waals surface area contributed by atoms with Crippen LogP contribution in [-0.2, 0) is 0 Å². The Balaban J connectivity index is 1.67. The summed E-state index contributed by atoms with van der Waals surface area (Å²) < 4.78 is 11.1. The summed E-state index contributed by atoms with van der Waals surface area (Å²) in [6.07, 6.45) is 0. The van der Waals surface area contributed by atoms with Crippen LogP contribution in [0.5, 0.6) is 5.75 Å². The van der Waals surface area contributed by atoms with Gasteiger partial charge in [-0.3, -0.25) is 0 Å². The minimum absolute atomic E-state index is 0.605. The zero-order valence-corrected chi connectivity index (χ0v) is 12.0. The van der Waals surface area contributed by atoms with Gasteiger partial charge in [0, 0.05) is 5.39 Å². The van der Waals surface area contributed by atoms with Gasteiger partial charge in [-0.25, -0.2) is 5.01 Å². The normalized spacial score (nSPS) is 14.4. The molecule has 6 heteroatoms. The number of rotatable bonds is 2. The molecule has 104 valence electrons. The van der Waals surface area contributed by atoms with E-state index in [9.17, 15) is 0 Å². The van der Waals surface area contributed by atoms with Crippen LogP contribution in [-0.4, -0.2) is 17.5 Å². The number of hydrogen-bond acceptors (Lipinski definition) is 5. The molecule has 0 unspecified atom stereocenters. The molecule has 1 aliphatic rings. The zero-order valence-electron chi connectivity index (χ0n) is 11.1. The second kappa shape index (κ2) is 5.14. The number of nitrogens with zero attached hydrogens (tertiary/aromatic N) is 4. The average Bonchev–Trinajstić information content (AvgIpc) is 2.96. The Labute approximate surface area is 125 Å². The van der Waals surface area contributed by atoms with Crippen LogP contribution in [0.3, 0.4) is 0 Å².